The molecule has 0 saturated carbocycles. The maximum absolute atomic E-state index is 6.07. The Morgan fingerprint density at radius 3 is 2.67 bits per heavy atom. The summed E-state index contributed by atoms with van der Waals surface area (Å²) >= 11 is 0. The molecule has 3 rings (SSSR count). The second-order valence-corrected chi connectivity index (χ2v) is 6.50. The van der Waals surface area contributed by atoms with Crippen molar-refractivity contribution in [3.05, 3.63) is 30.0 Å². The van der Waals surface area contributed by atoms with Crippen LogP contribution in [0.5, 0.6) is 11.5 Å². The van der Waals surface area contributed by atoms with Gasteiger partial charge in [0.2, 0.25) is 5.75 Å². The number of hydrogen-bond donors (Lipinski definition) is 0. The van der Waals surface area contributed by atoms with Gasteiger partial charge in [0, 0.05) is 10.9 Å². The lowest BCUT2D eigenvalue weighted by atomic mass is 10.1. The first-order valence-corrected chi connectivity index (χ1v) is 9.36. The van der Waals surface area contributed by atoms with E-state index < -0.39 is 0 Å². The van der Waals surface area contributed by atoms with Crippen LogP contribution in [0.15, 0.2) is 28.9 Å². The highest BCUT2D eigenvalue weighted by Gasteiger charge is 2.19. The van der Waals surface area contributed by atoms with E-state index in [1.165, 1.54) is 44.9 Å². The molecule has 3 nitrogen and oxygen atoms in total. The van der Waals surface area contributed by atoms with Crippen LogP contribution in [0.3, 0.4) is 0 Å². The molecule has 0 unspecified atom stereocenters. The second kappa shape index (κ2) is 8.81. The average Bonchev–Trinajstić information content (AvgIpc) is 3.07. The van der Waals surface area contributed by atoms with E-state index in [2.05, 4.69) is 19.1 Å². The van der Waals surface area contributed by atoms with Gasteiger partial charge < -0.3 is 13.9 Å². The van der Waals surface area contributed by atoms with Crippen molar-refractivity contribution in [2.24, 2.45) is 0 Å². The van der Waals surface area contributed by atoms with Gasteiger partial charge >= 0.3 is 0 Å². The molecule has 2 aromatic rings. The first-order valence-electron chi connectivity index (χ1n) is 9.36. The van der Waals surface area contributed by atoms with Crippen molar-refractivity contribution in [1.82, 2.24) is 0 Å². The smallest absolute Gasteiger partial charge is 0.205 e. The van der Waals surface area contributed by atoms with Crippen LogP contribution in [-0.4, -0.2) is 13.2 Å². The van der Waals surface area contributed by atoms with Gasteiger partial charge in [0.15, 0.2) is 11.3 Å². The van der Waals surface area contributed by atoms with Crippen molar-refractivity contribution in [3.63, 3.8) is 0 Å². The van der Waals surface area contributed by atoms with E-state index in [1.807, 2.05) is 12.1 Å². The van der Waals surface area contributed by atoms with Gasteiger partial charge in [-0.3, -0.25) is 0 Å². The molecule has 0 atom stereocenters. The summed E-state index contributed by atoms with van der Waals surface area (Å²) < 4.78 is 17.5. The van der Waals surface area contributed by atoms with Crippen LogP contribution in [0, 0.1) is 0 Å². The number of benzene rings is 1. The van der Waals surface area contributed by atoms with E-state index in [1.54, 1.807) is 6.26 Å². The monoisotopic (exact) mass is 328 g/mol. The molecule has 0 fully saturated rings. The van der Waals surface area contributed by atoms with Crippen molar-refractivity contribution >= 4 is 17.0 Å². The summed E-state index contributed by atoms with van der Waals surface area (Å²) in [6, 6.07) is 4.06. The topological polar surface area (TPSA) is 31.6 Å². The van der Waals surface area contributed by atoms with Crippen LogP contribution >= 0.6 is 0 Å². The van der Waals surface area contributed by atoms with Gasteiger partial charge in [-0.25, -0.2) is 0 Å². The Balaban J connectivity index is 1.50. The molecule has 1 aliphatic rings. The fourth-order valence-corrected chi connectivity index (χ4v) is 3.21. The Morgan fingerprint density at radius 2 is 1.83 bits per heavy atom. The molecule has 2 heterocycles. The normalized spacial score (nSPS) is 13.0. The van der Waals surface area contributed by atoms with Gasteiger partial charge in [0.25, 0.3) is 0 Å². The Hall–Kier alpha value is -1.90. The summed E-state index contributed by atoms with van der Waals surface area (Å²) in [7, 11) is 0. The Morgan fingerprint density at radius 1 is 1.04 bits per heavy atom. The summed E-state index contributed by atoms with van der Waals surface area (Å²) in [5, 5.41) is 1.06. The van der Waals surface area contributed by atoms with Crippen LogP contribution in [0.4, 0.5) is 0 Å². The van der Waals surface area contributed by atoms with E-state index in [9.17, 15) is 0 Å². The van der Waals surface area contributed by atoms with Crippen LogP contribution in [0.25, 0.3) is 17.0 Å². The van der Waals surface area contributed by atoms with Crippen LogP contribution in [0.1, 0.15) is 63.9 Å². The van der Waals surface area contributed by atoms with E-state index in [-0.39, 0.29) is 0 Å². The quantitative estimate of drug-likeness (QED) is 0.476. The molecule has 0 radical (unpaired) electrons. The maximum atomic E-state index is 6.07. The predicted octanol–water partition coefficient (Wildman–Crippen LogP) is 6.36. The maximum Gasteiger partial charge on any atom is 0.205 e. The molecule has 0 amide bonds. The first-order chi connectivity index (χ1) is 11.9. The third-order valence-electron chi connectivity index (χ3n) is 4.55. The zero-order valence-electron chi connectivity index (χ0n) is 14.7. The van der Waals surface area contributed by atoms with E-state index in [0.717, 1.165) is 34.5 Å². The van der Waals surface area contributed by atoms with Crippen molar-refractivity contribution in [2.45, 2.75) is 58.3 Å². The number of fused-ring (bicyclic) bond motifs is 2. The minimum absolute atomic E-state index is 0.591. The van der Waals surface area contributed by atoms with Crippen LogP contribution in [-0.2, 0) is 0 Å². The Labute approximate surface area is 144 Å². The zero-order chi connectivity index (χ0) is 16.6. The molecule has 0 saturated heterocycles. The fraction of sp³-hybridized carbons (Fsp3) is 0.524. The highest BCUT2D eigenvalue weighted by atomic mass is 16.5. The summed E-state index contributed by atoms with van der Waals surface area (Å²) in [6.07, 6.45) is 16.2. The van der Waals surface area contributed by atoms with Gasteiger partial charge in [0.1, 0.15) is 6.61 Å². The van der Waals surface area contributed by atoms with E-state index >= 15 is 0 Å². The summed E-state index contributed by atoms with van der Waals surface area (Å²) in [5.74, 6) is 1.58. The third kappa shape index (κ3) is 4.14. The van der Waals surface area contributed by atoms with Gasteiger partial charge in [-0.15, -0.1) is 0 Å². The minimum Gasteiger partial charge on any atom is -0.486 e. The first kappa shape index (κ1) is 16.9. The molecule has 24 heavy (non-hydrogen) atoms. The SMILES string of the molecule is CCCCCCCCCCOc1c2c(cc3ccoc13)C=CCO2. The van der Waals surface area contributed by atoms with Crippen molar-refractivity contribution < 1.29 is 13.9 Å². The van der Waals surface area contributed by atoms with Gasteiger partial charge in [-0.2, -0.15) is 0 Å². The molecule has 3 heteroatoms. The largest absolute Gasteiger partial charge is 0.486 e. The number of ether oxygens (including phenoxy) is 2. The number of rotatable bonds is 10. The molecular formula is C21H28O3. The summed E-state index contributed by atoms with van der Waals surface area (Å²) in [4.78, 5) is 0. The van der Waals surface area contributed by atoms with Crippen LogP contribution < -0.4 is 9.47 Å². The van der Waals surface area contributed by atoms with E-state index in [4.69, 9.17) is 13.9 Å². The number of hydrogen-bond acceptors (Lipinski definition) is 3. The molecule has 0 bridgehead atoms. The summed E-state index contributed by atoms with van der Waals surface area (Å²) in [6.45, 7) is 3.57. The Bertz CT molecular complexity index is 669. The van der Waals surface area contributed by atoms with Crippen molar-refractivity contribution in [1.29, 1.82) is 0 Å². The average molecular weight is 328 g/mol. The molecular weight excluding hydrogens is 300 g/mol. The lowest BCUT2D eigenvalue weighted by molar-refractivity contribution is 0.274. The molecule has 1 aliphatic heterocycles. The van der Waals surface area contributed by atoms with Gasteiger partial charge in [-0.1, -0.05) is 57.9 Å². The van der Waals surface area contributed by atoms with Gasteiger partial charge in [-0.05, 0) is 24.6 Å². The van der Waals surface area contributed by atoms with Crippen molar-refractivity contribution in [3.8, 4) is 11.5 Å². The molecule has 1 aromatic carbocycles. The second-order valence-electron chi connectivity index (χ2n) is 6.50. The molecule has 0 N–H and O–H groups in total. The standard InChI is InChI=1S/C21H28O3/c1-2-3-4-5-6-7-8-9-13-23-21-19-17(11-10-14-22-19)16-18-12-15-24-20(18)21/h10-12,15-16H,2-9,13-14H2,1H3. The highest BCUT2D eigenvalue weighted by Crippen LogP contribution is 2.41. The lowest BCUT2D eigenvalue weighted by Gasteiger charge is -2.17. The number of unbranched alkanes of at least 4 members (excludes halogenated alkanes) is 7. The van der Waals surface area contributed by atoms with Crippen LogP contribution in [0.2, 0.25) is 0 Å². The summed E-state index contributed by atoms with van der Waals surface area (Å²) in [5.41, 5.74) is 1.87. The van der Waals surface area contributed by atoms with Gasteiger partial charge in [0.05, 0.1) is 12.9 Å². The molecule has 0 aliphatic carbocycles. The number of furan rings is 1. The molecule has 0 spiro atoms. The fourth-order valence-electron chi connectivity index (χ4n) is 3.21. The highest BCUT2D eigenvalue weighted by molar-refractivity contribution is 5.90. The zero-order valence-corrected chi connectivity index (χ0v) is 14.7. The molecule has 1 aromatic heterocycles. The third-order valence-corrected chi connectivity index (χ3v) is 4.55. The molecule has 130 valence electrons. The Kier molecular flexibility index (Phi) is 6.22. The lowest BCUT2D eigenvalue weighted by Crippen LogP contribution is -2.05. The van der Waals surface area contributed by atoms with Crippen molar-refractivity contribution in [2.75, 3.05) is 13.2 Å². The predicted molar refractivity (Wildman–Crippen MR) is 98.8 cm³/mol. The minimum atomic E-state index is 0.591. The van der Waals surface area contributed by atoms with E-state index in [0.29, 0.717) is 13.2 Å².